The molecule has 35 heavy (non-hydrogen) atoms. The van der Waals surface area contributed by atoms with E-state index in [2.05, 4.69) is 15.2 Å². The fourth-order valence-electron chi connectivity index (χ4n) is 4.38. The predicted octanol–water partition coefficient (Wildman–Crippen LogP) is 5.54. The number of hydrogen-bond acceptors (Lipinski definition) is 4. The number of hydrogen-bond donors (Lipinski definition) is 2. The second-order valence-corrected chi connectivity index (χ2v) is 8.97. The van der Waals surface area contributed by atoms with E-state index in [0.29, 0.717) is 41.3 Å². The number of benzene rings is 2. The number of ether oxygens (including phenoxy) is 1. The maximum absolute atomic E-state index is 13.1. The van der Waals surface area contributed by atoms with Crippen molar-refractivity contribution in [3.8, 4) is 16.9 Å². The van der Waals surface area contributed by atoms with Crippen molar-refractivity contribution >= 4 is 17.6 Å². The van der Waals surface area contributed by atoms with Crippen molar-refractivity contribution in [1.82, 2.24) is 9.78 Å². The molecular weight excluding hydrogens is 463 g/mol. The van der Waals surface area contributed by atoms with Crippen LogP contribution in [0.25, 0.3) is 11.1 Å². The van der Waals surface area contributed by atoms with Gasteiger partial charge in [0, 0.05) is 17.4 Å². The average molecular weight is 485 g/mol. The highest BCUT2D eigenvalue weighted by Crippen LogP contribution is 2.49. The van der Waals surface area contributed by atoms with Gasteiger partial charge in [0.15, 0.2) is 0 Å². The number of alkyl halides is 3. The van der Waals surface area contributed by atoms with Gasteiger partial charge in [0.05, 0.1) is 23.2 Å². The Kier molecular flexibility index (Phi) is 5.53. The summed E-state index contributed by atoms with van der Waals surface area (Å²) >= 11 is 0. The van der Waals surface area contributed by atoms with Gasteiger partial charge in [0.1, 0.15) is 5.75 Å². The molecule has 0 saturated heterocycles. The molecule has 0 radical (unpaired) electrons. The maximum Gasteiger partial charge on any atom is 0.573 e. The van der Waals surface area contributed by atoms with Crippen molar-refractivity contribution in [2.24, 2.45) is 0 Å². The molecule has 2 N–H and O–H groups in total. The van der Waals surface area contributed by atoms with E-state index in [9.17, 15) is 27.9 Å². The summed E-state index contributed by atoms with van der Waals surface area (Å²) in [5.74, 6) is -1.84. The van der Waals surface area contributed by atoms with Gasteiger partial charge in [-0.1, -0.05) is 18.2 Å². The third-order valence-corrected chi connectivity index (χ3v) is 6.69. The molecule has 2 aromatic carbocycles. The highest BCUT2D eigenvalue weighted by Gasteiger charge is 2.51. The summed E-state index contributed by atoms with van der Waals surface area (Å²) in [5.41, 5.74) is 1.25. The van der Waals surface area contributed by atoms with Gasteiger partial charge < -0.3 is 15.2 Å². The van der Waals surface area contributed by atoms with Crippen LogP contribution in [-0.2, 0) is 10.2 Å². The summed E-state index contributed by atoms with van der Waals surface area (Å²) in [6, 6.07) is 10.3. The van der Waals surface area contributed by atoms with Crippen LogP contribution >= 0.6 is 0 Å². The van der Waals surface area contributed by atoms with Crippen LogP contribution in [0, 0.1) is 0 Å². The SMILES string of the molecule is O=C(O)c1cc(NC(=O)C2(c3ccc(OC(F)(F)F)cc3)CC2)ccc1-c1cnn(C2CCC2)c1. The lowest BCUT2D eigenvalue weighted by molar-refractivity contribution is -0.274. The predicted molar refractivity (Wildman–Crippen MR) is 120 cm³/mol. The van der Waals surface area contributed by atoms with E-state index in [-0.39, 0.29) is 17.2 Å². The molecule has 2 aliphatic rings. The Morgan fingerprint density at radius 1 is 1.11 bits per heavy atom. The molecule has 7 nitrogen and oxygen atoms in total. The quantitative estimate of drug-likeness (QED) is 0.458. The Bertz CT molecular complexity index is 1280. The van der Waals surface area contributed by atoms with Crippen molar-refractivity contribution < 1.29 is 32.6 Å². The molecule has 0 unspecified atom stereocenters. The normalized spacial score (nSPS) is 16.9. The number of halogens is 3. The summed E-state index contributed by atoms with van der Waals surface area (Å²) in [7, 11) is 0. The number of anilines is 1. The zero-order valence-electron chi connectivity index (χ0n) is 18.5. The smallest absolute Gasteiger partial charge is 0.478 e. The minimum Gasteiger partial charge on any atom is -0.478 e. The molecule has 1 heterocycles. The van der Waals surface area contributed by atoms with E-state index in [1.165, 1.54) is 30.3 Å². The van der Waals surface area contributed by atoms with Crippen molar-refractivity contribution in [2.45, 2.75) is 49.9 Å². The molecule has 182 valence electrons. The number of carbonyl (C=O) groups excluding carboxylic acids is 1. The van der Waals surface area contributed by atoms with Crippen LogP contribution in [0.5, 0.6) is 5.75 Å². The van der Waals surface area contributed by atoms with E-state index in [0.717, 1.165) is 19.3 Å². The zero-order chi connectivity index (χ0) is 24.8. The number of carboxylic acid groups (broad SMARTS) is 1. The number of aromatic nitrogens is 2. The molecule has 0 spiro atoms. The maximum atomic E-state index is 13.1. The molecule has 0 bridgehead atoms. The van der Waals surface area contributed by atoms with Crippen molar-refractivity contribution in [2.75, 3.05) is 5.32 Å². The van der Waals surface area contributed by atoms with Crippen LogP contribution in [0.2, 0.25) is 0 Å². The van der Waals surface area contributed by atoms with Crippen LogP contribution < -0.4 is 10.1 Å². The van der Waals surface area contributed by atoms with Crippen molar-refractivity contribution in [3.05, 3.63) is 66.0 Å². The first-order valence-electron chi connectivity index (χ1n) is 11.2. The molecule has 1 amide bonds. The van der Waals surface area contributed by atoms with Crippen molar-refractivity contribution in [3.63, 3.8) is 0 Å². The molecule has 2 aliphatic carbocycles. The van der Waals surface area contributed by atoms with Crippen molar-refractivity contribution in [1.29, 1.82) is 0 Å². The Hall–Kier alpha value is -3.82. The molecular formula is C25H22F3N3O4. The van der Waals surface area contributed by atoms with Gasteiger partial charge in [-0.3, -0.25) is 9.48 Å². The Morgan fingerprint density at radius 2 is 1.83 bits per heavy atom. The Balaban J connectivity index is 1.34. The lowest BCUT2D eigenvalue weighted by Gasteiger charge is -2.25. The van der Waals surface area contributed by atoms with Gasteiger partial charge in [0.25, 0.3) is 0 Å². The summed E-state index contributed by atoms with van der Waals surface area (Å²) in [6.45, 7) is 0. The Labute approximate surface area is 198 Å². The monoisotopic (exact) mass is 485 g/mol. The van der Waals surface area contributed by atoms with Crippen LogP contribution in [0.3, 0.4) is 0 Å². The number of nitrogens with one attached hydrogen (secondary N) is 1. The van der Waals surface area contributed by atoms with E-state index >= 15 is 0 Å². The summed E-state index contributed by atoms with van der Waals surface area (Å²) in [5, 5.41) is 16.9. The number of aromatic carboxylic acids is 1. The summed E-state index contributed by atoms with van der Waals surface area (Å²) in [4.78, 5) is 25.1. The zero-order valence-corrected chi connectivity index (χ0v) is 18.5. The molecule has 5 rings (SSSR count). The largest absolute Gasteiger partial charge is 0.573 e. The molecule has 2 saturated carbocycles. The summed E-state index contributed by atoms with van der Waals surface area (Å²) in [6.07, 6.45) is 3.01. The molecule has 3 aromatic rings. The van der Waals surface area contributed by atoms with Gasteiger partial charge >= 0.3 is 12.3 Å². The topological polar surface area (TPSA) is 93.5 Å². The first kappa shape index (κ1) is 22.9. The van der Waals surface area contributed by atoms with Crippen LogP contribution in [-0.4, -0.2) is 33.1 Å². The fourth-order valence-corrected chi connectivity index (χ4v) is 4.38. The first-order chi connectivity index (χ1) is 16.6. The fraction of sp³-hybridized carbons (Fsp3) is 0.320. The van der Waals surface area contributed by atoms with E-state index in [4.69, 9.17) is 0 Å². The van der Waals surface area contributed by atoms with Crippen LogP contribution in [0.4, 0.5) is 18.9 Å². The third-order valence-electron chi connectivity index (χ3n) is 6.69. The van der Waals surface area contributed by atoms with Crippen LogP contribution in [0.1, 0.15) is 54.1 Å². The number of carbonyl (C=O) groups is 2. The number of amides is 1. The minimum absolute atomic E-state index is 0.0365. The lowest BCUT2D eigenvalue weighted by atomic mass is 9.93. The number of nitrogens with zero attached hydrogens (tertiary/aromatic N) is 2. The van der Waals surface area contributed by atoms with E-state index in [1.54, 1.807) is 18.3 Å². The standard InChI is InChI=1S/C25H22F3N3O4/c26-25(27,28)35-19-7-4-16(5-8-19)24(10-11-24)23(34)30-17-6-9-20(21(12-17)22(32)33)15-13-29-31(14-15)18-2-1-3-18/h4-9,12-14,18H,1-3,10-11H2,(H,30,34)(H,32,33). The van der Waals surface area contributed by atoms with Gasteiger partial charge in [-0.15, -0.1) is 13.2 Å². The molecule has 2 fully saturated rings. The minimum atomic E-state index is -4.79. The highest BCUT2D eigenvalue weighted by molar-refractivity contribution is 6.03. The molecule has 10 heteroatoms. The highest BCUT2D eigenvalue weighted by atomic mass is 19.4. The Morgan fingerprint density at radius 3 is 2.40 bits per heavy atom. The number of rotatable bonds is 7. The molecule has 1 aromatic heterocycles. The number of carboxylic acids is 1. The van der Waals surface area contributed by atoms with Crippen LogP contribution in [0.15, 0.2) is 54.9 Å². The molecule has 0 aliphatic heterocycles. The lowest BCUT2D eigenvalue weighted by Crippen LogP contribution is -2.28. The molecule has 0 atom stereocenters. The van der Waals surface area contributed by atoms with Gasteiger partial charge in [-0.05, 0) is 67.5 Å². The first-order valence-corrected chi connectivity index (χ1v) is 11.2. The average Bonchev–Trinajstić information content (AvgIpc) is 3.44. The van der Waals surface area contributed by atoms with Gasteiger partial charge in [-0.25, -0.2) is 4.79 Å². The second-order valence-electron chi connectivity index (χ2n) is 8.97. The van der Waals surface area contributed by atoms with E-state index in [1.807, 2.05) is 10.9 Å². The van der Waals surface area contributed by atoms with Gasteiger partial charge in [0.2, 0.25) is 5.91 Å². The van der Waals surface area contributed by atoms with Gasteiger partial charge in [-0.2, -0.15) is 5.10 Å². The summed E-state index contributed by atoms with van der Waals surface area (Å²) < 4.78 is 43.0. The second kappa shape index (κ2) is 8.44. The van der Waals surface area contributed by atoms with E-state index < -0.39 is 17.7 Å². The third kappa shape index (κ3) is 4.60.